The molecule has 3 aromatic rings. The van der Waals surface area contributed by atoms with E-state index in [2.05, 4.69) is 10.4 Å². The molecule has 1 aliphatic rings. The molecule has 1 atom stereocenters. The Morgan fingerprint density at radius 1 is 1.26 bits per heavy atom. The van der Waals surface area contributed by atoms with E-state index in [1.807, 2.05) is 24.3 Å². The number of phenolic OH excluding ortho intramolecular Hbond substituents is 1. The van der Waals surface area contributed by atoms with Crippen LogP contribution in [-0.4, -0.2) is 38.4 Å². The van der Waals surface area contributed by atoms with Gasteiger partial charge in [-0.25, -0.2) is 9.99 Å². The van der Waals surface area contributed by atoms with Gasteiger partial charge in [-0.15, -0.1) is 23.1 Å². The van der Waals surface area contributed by atoms with Crippen LogP contribution in [0.25, 0.3) is 10.2 Å². The van der Waals surface area contributed by atoms with Gasteiger partial charge in [0.1, 0.15) is 11.1 Å². The van der Waals surface area contributed by atoms with Gasteiger partial charge in [-0.3, -0.25) is 15.0 Å². The topological polar surface area (TPSA) is 82.5 Å². The summed E-state index contributed by atoms with van der Waals surface area (Å²) in [7, 11) is 0. The van der Waals surface area contributed by atoms with E-state index in [-0.39, 0.29) is 29.1 Å². The van der Waals surface area contributed by atoms with Gasteiger partial charge < -0.3 is 5.11 Å². The van der Waals surface area contributed by atoms with E-state index in [0.717, 1.165) is 14.6 Å². The van der Waals surface area contributed by atoms with Crippen molar-refractivity contribution in [1.82, 2.24) is 15.4 Å². The highest BCUT2D eigenvalue weighted by Gasteiger charge is 2.35. The number of carbonyl (C=O) groups excluding carboxylic acids is 2. The van der Waals surface area contributed by atoms with Crippen LogP contribution in [0.5, 0.6) is 5.75 Å². The van der Waals surface area contributed by atoms with E-state index < -0.39 is 5.37 Å². The molecule has 0 bridgehead atoms. The molecule has 0 radical (unpaired) electrons. The van der Waals surface area contributed by atoms with E-state index in [1.165, 1.54) is 39.9 Å². The molecule has 2 amide bonds. The second-order valence-corrected chi connectivity index (χ2v) is 9.08. The fraction of sp³-hybridized carbons (Fsp3) is 0.167. The molecule has 27 heavy (non-hydrogen) atoms. The Morgan fingerprint density at radius 3 is 2.85 bits per heavy atom. The van der Waals surface area contributed by atoms with Gasteiger partial charge in [-0.1, -0.05) is 42.1 Å². The van der Waals surface area contributed by atoms with E-state index in [4.69, 9.17) is 0 Å². The van der Waals surface area contributed by atoms with Gasteiger partial charge in [0.2, 0.25) is 5.91 Å². The third kappa shape index (κ3) is 3.90. The maximum atomic E-state index is 12.4. The summed E-state index contributed by atoms with van der Waals surface area (Å²) in [5, 5.41) is 10.9. The molecular weight excluding hydrogens is 402 g/mol. The molecule has 0 saturated carbocycles. The van der Waals surface area contributed by atoms with Crippen LogP contribution < -0.4 is 5.43 Å². The summed E-state index contributed by atoms with van der Waals surface area (Å²) < 4.78 is 1.89. The second-order valence-electron chi connectivity index (χ2n) is 5.76. The van der Waals surface area contributed by atoms with Gasteiger partial charge in [0, 0.05) is 5.56 Å². The predicted octanol–water partition coefficient (Wildman–Crippen LogP) is 3.40. The number of benzene rings is 2. The minimum absolute atomic E-state index is 0.104. The lowest BCUT2D eigenvalue weighted by molar-refractivity contribution is -0.138. The number of nitrogens with zero attached hydrogens (tertiary/aromatic N) is 2. The van der Waals surface area contributed by atoms with Gasteiger partial charge in [0.25, 0.3) is 5.91 Å². The monoisotopic (exact) mass is 417 g/mol. The zero-order chi connectivity index (χ0) is 18.8. The van der Waals surface area contributed by atoms with Crippen LogP contribution in [0.3, 0.4) is 0 Å². The van der Waals surface area contributed by atoms with Crippen LogP contribution in [0.4, 0.5) is 0 Å². The number of phenols is 1. The number of aromatic nitrogens is 1. The number of aromatic hydroxyl groups is 1. The van der Waals surface area contributed by atoms with Crippen LogP contribution in [0, 0.1) is 0 Å². The second kappa shape index (κ2) is 7.79. The molecule has 1 aromatic heterocycles. The van der Waals surface area contributed by atoms with Crippen molar-refractivity contribution in [2.75, 3.05) is 11.5 Å². The minimum Gasteiger partial charge on any atom is -0.508 e. The number of thioether (sulfide) groups is 2. The molecule has 2 heterocycles. The molecule has 4 rings (SSSR count). The maximum absolute atomic E-state index is 12.4. The first-order valence-electron chi connectivity index (χ1n) is 8.11. The Bertz CT molecular complexity index is 974. The van der Waals surface area contributed by atoms with Crippen LogP contribution >= 0.6 is 34.9 Å². The van der Waals surface area contributed by atoms with Crippen molar-refractivity contribution in [3.8, 4) is 5.75 Å². The first-order valence-corrected chi connectivity index (χ1v) is 11.0. The molecule has 2 aromatic carbocycles. The number of hydrazine groups is 1. The molecule has 0 aliphatic carbocycles. The summed E-state index contributed by atoms with van der Waals surface area (Å²) in [6, 6.07) is 14.7. The minimum atomic E-state index is -0.435. The number of para-hydroxylation sites is 2. The number of fused-ring (bicyclic) bond motifs is 1. The van der Waals surface area contributed by atoms with Gasteiger partial charge >= 0.3 is 0 Å². The van der Waals surface area contributed by atoms with Crippen LogP contribution in [-0.2, 0) is 9.59 Å². The van der Waals surface area contributed by atoms with Crippen molar-refractivity contribution in [3.63, 3.8) is 0 Å². The Hall–Kier alpha value is -2.23. The van der Waals surface area contributed by atoms with E-state index in [1.54, 1.807) is 24.3 Å². The van der Waals surface area contributed by atoms with Crippen molar-refractivity contribution in [1.29, 1.82) is 0 Å². The lowest BCUT2D eigenvalue weighted by atomic mass is 10.2. The molecule has 1 fully saturated rings. The zero-order valence-electron chi connectivity index (χ0n) is 14.0. The summed E-state index contributed by atoms with van der Waals surface area (Å²) in [4.78, 5) is 29.1. The van der Waals surface area contributed by atoms with Crippen LogP contribution in [0.2, 0.25) is 0 Å². The maximum Gasteiger partial charge on any atom is 0.252 e. The number of hydrogen-bond donors (Lipinski definition) is 2. The SMILES string of the molecule is O=C(CSc1nc2ccccc2s1)NN1C(=O)CSC1c1ccccc1O. The number of nitrogens with one attached hydrogen (secondary N) is 1. The van der Waals surface area contributed by atoms with Crippen molar-refractivity contribution in [2.24, 2.45) is 0 Å². The average molecular weight is 418 g/mol. The number of thiazole rings is 1. The fourth-order valence-corrected chi connectivity index (χ4v) is 5.68. The molecule has 6 nitrogen and oxygen atoms in total. The predicted molar refractivity (Wildman–Crippen MR) is 109 cm³/mol. The molecular formula is C18H15N3O3S3. The number of hydrogen-bond acceptors (Lipinski definition) is 7. The lowest BCUT2D eigenvalue weighted by Gasteiger charge is -2.24. The summed E-state index contributed by atoms with van der Waals surface area (Å²) in [5.74, 6) is 0.0430. The van der Waals surface area contributed by atoms with Gasteiger partial charge in [-0.05, 0) is 18.2 Å². The highest BCUT2D eigenvalue weighted by atomic mass is 32.2. The first-order chi connectivity index (χ1) is 13.1. The van der Waals surface area contributed by atoms with Gasteiger partial charge in [0.05, 0.1) is 21.7 Å². The average Bonchev–Trinajstić information content (AvgIpc) is 3.24. The van der Waals surface area contributed by atoms with Gasteiger partial charge in [-0.2, -0.15) is 0 Å². The summed E-state index contributed by atoms with van der Waals surface area (Å²) in [6.45, 7) is 0. The van der Waals surface area contributed by atoms with E-state index in [9.17, 15) is 14.7 Å². The number of carbonyl (C=O) groups is 2. The summed E-state index contributed by atoms with van der Waals surface area (Å²) >= 11 is 4.25. The largest absolute Gasteiger partial charge is 0.508 e. The smallest absolute Gasteiger partial charge is 0.252 e. The quantitative estimate of drug-likeness (QED) is 0.619. The Morgan fingerprint density at radius 2 is 2.04 bits per heavy atom. The Balaban J connectivity index is 1.41. The fourth-order valence-electron chi connectivity index (χ4n) is 2.68. The van der Waals surface area contributed by atoms with Crippen LogP contribution in [0.15, 0.2) is 52.9 Å². The standard InChI is InChI=1S/C18H15N3O3S3/c22-13-7-3-1-5-11(13)17-21(16(24)10-25-17)20-15(23)9-26-18-19-12-6-2-4-8-14(12)27-18/h1-8,17,22H,9-10H2,(H,20,23). The van der Waals surface area contributed by atoms with Gasteiger partial charge in [0.15, 0.2) is 4.34 Å². The molecule has 1 saturated heterocycles. The normalized spacial score (nSPS) is 16.8. The van der Waals surface area contributed by atoms with Crippen molar-refractivity contribution in [2.45, 2.75) is 9.71 Å². The third-order valence-corrected chi connectivity index (χ3v) is 7.29. The number of rotatable bonds is 5. The molecule has 1 aliphatic heterocycles. The first kappa shape index (κ1) is 18.1. The highest BCUT2D eigenvalue weighted by molar-refractivity contribution is 8.01. The Kier molecular flexibility index (Phi) is 5.24. The summed E-state index contributed by atoms with van der Waals surface area (Å²) in [5.41, 5.74) is 4.19. The third-order valence-electron chi connectivity index (χ3n) is 3.92. The Labute approximate surface area is 167 Å². The highest BCUT2D eigenvalue weighted by Crippen LogP contribution is 2.40. The lowest BCUT2D eigenvalue weighted by Crippen LogP contribution is -2.45. The molecule has 138 valence electrons. The molecule has 9 heteroatoms. The van der Waals surface area contributed by atoms with Crippen LogP contribution in [0.1, 0.15) is 10.9 Å². The molecule has 2 N–H and O–H groups in total. The van der Waals surface area contributed by atoms with Crippen molar-refractivity contribution >= 4 is 56.9 Å². The zero-order valence-corrected chi connectivity index (χ0v) is 16.4. The summed E-state index contributed by atoms with van der Waals surface area (Å²) in [6.07, 6.45) is 0. The van der Waals surface area contributed by atoms with E-state index in [0.29, 0.717) is 5.56 Å². The van der Waals surface area contributed by atoms with E-state index >= 15 is 0 Å². The van der Waals surface area contributed by atoms with Crippen molar-refractivity contribution < 1.29 is 14.7 Å². The molecule has 0 spiro atoms. The molecule has 1 unspecified atom stereocenters. The number of amides is 2. The van der Waals surface area contributed by atoms with Crippen molar-refractivity contribution in [3.05, 3.63) is 54.1 Å².